The van der Waals surface area contributed by atoms with E-state index in [9.17, 15) is 0 Å². The zero-order valence-electron chi connectivity index (χ0n) is 11.9. The molecule has 0 aliphatic carbocycles. The van der Waals surface area contributed by atoms with Crippen LogP contribution in [0.5, 0.6) is 0 Å². The van der Waals surface area contributed by atoms with Gasteiger partial charge in [0.15, 0.2) is 11.5 Å². The molecule has 0 spiro atoms. The van der Waals surface area contributed by atoms with Crippen molar-refractivity contribution in [1.29, 1.82) is 0 Å². The lowest BCUT2D eigenvalue weighted by Crippen LogP contribution is -1.98. The quantitative estimate of drug-likeness (QED) is 0.623. The molecule has 0 atom stereocenters. The SMILES string of the molecule is Cc1nsc(Nc2nccn3c(-c4cnn(C)c4)cnc23)n1. The molecule has 0 amide bonds. The van der Waals surface area contributed by atoms with E-state index in [0.29, 0.717) is 10.9 Å². The summed E-state index contributed by atoms with van der Waals surface area (Å²) in [5.41, 5.74) is 2.69. The van der Waals surface area contributed by atoms with Crippen LogP contribution in [-0.2, 0) is 7.05 Å². The van der Waals surface area contributed by atoms with E-state index in [-0.39, 0.29) is 0 Å². The van der Waals surface area contributed by atoms with Crippen LogP contribution in [0.1, 0.15) is 5.82 Å². The Labute approximate surface area is 129 Å². The third-order valence-corrected chi connectivity index (χ3v) is 3.90. The fourth-order valence-corrected chi connectivity index (χ4v) is 2.80. The van der Waals surface area contributed by atoms with Crippen LogP contribution in [0.3, 0.4) is 0 Å². The lowest BCUT2D eigenvalue weighted by molar-refractivity contribution is 0.768. The molecule has 8 nitrogen and oxygen atoms in total. The van der Waals surface area contributed by atoms with Crippen molar-refractivity contribution in [3.8, 4) is 11.3 Å². The monoisotopic (exact) mass is 312 g/mol. The number of nitrogens with zero attached hydrogens (tertiary/aromatic N) is 7. The Morgan fingerprint density at radius 1 is 1.23 bits per heavy atom. The van der Waals surface area contributed by atoms with Crippen molar-refractivity contribution in [3.05, 3.63) is 36.8 Å². The van der Waals surface area contributed by atoms with E-state index in [0.717, 1.165) is 22.7 Å². The maximum atomic E-state index is 4.46. The summed E-state index contributed by atoms with van der Waals surface area (Å²) in [5.74, 6) is 1.38. The van der Waals surface area contributed by atoms with Crippen molar-refractivity contribution in [1.82, 2.24) is 33.5 Å². The van der Waals surface area contributed by atoms with Crippen LogP contribution in [0.4, 0.5) is 10.9 Å². The molecule has 0 saturated heterocycles. The summed E-state index contributed by atoms with van der Waals surface area (Å²) in [7, 11) is 1.89. The number of hydrogen-bond donors (Lipinski definition) is 1. The van der Waals surface area contributed by atoms with Gasteiger partial charge >= 0.3 is 0 Å². The standard InChI is InChI=1S/C13H12N8S/c1-8-17-13(22-19-8)18-11-12-15-6-10(21(12)4-3-14-11)9-5-16-20(2)7-9/h3-7H,1-2H3,(H,14,17,18,19). The van der Waals surface area contributed by atoms with Crippen molar-refractivity contribution in [2.24, 2.45) is 7.05 Å². The van der Waals surface area contributed by atoms with E-state index in [2.05, 4.69) is 29.7 Å². The molecule has 1 N–H and O–H groups in total. The topological polar surface area (TPSA) is 85.8 Å². The fraction of sp³-hybridized carbons (Fsp3) is 0.154. The van der Waals surface area contributed by atoms with Gasteiger partial charge in [-0.25, -0.2) is 15.0 Å². The third-order valence-electron chi connectivity index (χ3n) is 3.18. The fourth-order valence-electron chi connectivity index (χ4n) is 2.22. The molecule has 0 bridgehead atoms. The predicted octanol–water partition coefficient (Wildman–Crippen LogP) is 2.03. The zero-order chi connectivity index (χ0) is 15.1. The van der Waals surface area contributed by atoms with Gasteiger partial charge in [0, 0.05) is 42.7 Å². The number of aryl methyl sites for hydroxylation is 2. The number of nitrogens with one attached hydrogen (secondary N) is 1. The van der Waals surface area contributed by atoms with Crippen molar-refractivity contribution < 1.29 is 0 Å². The molecule has 0 saturated carbocycles. The first-order valence-electron chi connectivity index (χ1n) is 6.59. The minimum atomic E-state index is 0.647. The van der Waals surface area contributed by atoms with Gasteiger partial charge in [0.1, 0.15) is 5.82 Å². The van der Waals surface area contributed by atoms with Crippen LogP contribution in [-0.4, -0.2) is 33.5 Å². The summed E-state index contributed by atoms with van der Waals surface area (Å²) in [5, 5.41) is 8.07. The first-order valence-corrected chi connectivity index (χ1v) is 7.36. The Morgan fingerprint density at radius 2 is 2.14 bits per heavy atom. The second-order valence-corrected chi connectivity index (χ2v) is 5.54. The highest BCUT2D eigenvalue weighted by Crippen LogP contribution is 2.25. The Morgan fingerprint density at radius 3 is 2.86 bits per heavy atom. The molecule has 0 fully saturated rings. The van der Waals surface area contributed by atoms with Crippen LogP contribution < -0.4 is 5.32 Å². The summed E-state index contributed by atoms with van der Waals surface area (Å²) in [4.78, 5) is 13.1. The molecule has 0 unspecified atom stereocenters. The molecule has 0 aliphatic heterocycles. The van der Waals surface area contributed by atoms with Crippen molar-refractivity contribution in [2.45, 2.75) is 6.92 Å². The highest BCUT2D eigenvalue weighted by molar-refractivity contribution is 7.09. The van der Waals surface area contributed by atoms with Crippen molar-refractivity contribution in [2.75, 3.05) is 5.32 Å². The van der Waals surface area contributed by atoms with E-state index in [1.807, 2.05) is 43.2 Å². The number of anilines is 2. The first kappa shape index (κ1) is 12.9. The summed E-state index contributed by atoms with van der Waals surface area (Å²) >= 11 is 1.30. The average molecular weight is 312 g/mol. The van der Waals surface area contributed by atoms with Crippen LogP contribution in [0, 0.1) is 6.92 Å². The molecular formula is C13H12N8S. The summed E-state index contributed by atoms with van der Waals surface area (Å²) < 4.78 is 7.89. The Balaban J connectivity index is 1.79. The van der Waals surface area contributed by atoms with Gasteiger partial charge in [-0.1, -0.05) is 0 Å². The average Bonchev–Trinajstić information content (AvgIpc) is 3.19. The van der Waals surface area contributed by atoms with E-state index in [4.69, 9.17) is 0 Å². The Hall–Kier alpha value is -2.81. The molecule has 4 heterocycles. The van der Waals surface area contributed by atoms with Crippen molar-refractivity contribution >= 4 is 28.1 Å². The van der Waals surface area contributed by atoms with E-state index in [1.165, 1.54) is 11.5 Å². The molecule has 9 heteroatoms. The number of hydrogen-bond acceptors (Lipinski definition) is 7. The molecule has 0 radical (unpaired) electrons. The van der Waals surface area contributed by atoms with Gasteiger partial charge in [0.2, 0.25) is 5.13 Å². The van der Waals surface area contributed by atoms with Gasteiger partial charge in [-0.3, -0.25) is 9.08 Å². The van der Waals surface area contributed by atoms with E-state index >= 15 is 0 Å². The zero-order valence-corrected chi connectivity index (χ0v) is 12.7. The maximum Gasteiger partial charge on any atom is 0.208 e. The van der Waals surface area contributed by atoms with Crippen molar-refractivity contribution in [3.63, 3.8) is 0 Å². The smallest absolute Gasteiger partial charge is 0.208 e. The minimum Gasteiger partial charge on any atom is -0.312 e. The number of fused-ring (bicyclic) bond motifs is 1. The Bertz CT molecular complexity index is 950. The first-order chi connectivity index (χ1) is 10.7. The maximum absolute atomic E-state index is 4.46. The van der Waals surface area contributed by atoms with Crippen LogP contribution in [0.2, 0.25) is 0 Å². The number of aromatic nitrogens is 7. The van der Waals surface area contributed by atoms with Crippen LogP contribution >= 0.6 is 11.5 Å². The van der Waals surface area contributed by atoms with Gasteiger partial charge in [-0.05, 0) is 6.92 Å². The predicted molar refractivity (Wildman–Crippen MR) is 83.1 cm³/mol. The lowest BCUT2D eigenvalue weighted by atomic mass is 10.3. The number of imidazole rings is 1. The highest BCUT2D eigenvalue weighted by Gasteiger charge is 2.12. The normalized spacial score (nSPS) is 11.2. The molecule has 4 rings (SSSR count). The van der Waals surface area contributed by atoms with Crippen LogP contribution in [0.25, 0.3) is 16.9 Å². The van der Waals surface area contributed by atoms with Crippen LogP contribution in [0.15, 0.2) is 31.0 Å². The molecular weight excluding hydrogens is 300 g/mol. The second kappa shape index (κ2) is 4.88. The molecule has 4 aromatic heterocycles. The largest absolute Gasteiger partial charge is 0.312 e. The van der Waals surface area contributed by atoms with Gasteiger partial charge in [-0.15, -0.1) is 0 Å². The lowest BCUT2D eigenvalue weighted by Gasteiger charge is -2.04. The van der Waals surface area contributed by atoms with Gasteiger partial charge < -0.3 is 5.32 Å². The van der Waals surface area contributed by atoms with Gasteiger partial charge in [0.05, 0.1) is 18.1 Å². The molecule has 110 valence electrons. The molecule has 4 aromatic rings. The summed E-state index contributed by atoms with van der Waals surface area (Å²) in [6.07, 6.45) is 9.17. The highest BCUT2D eigenvalue weighted by atomic mass is 32.1. The molecule has 22 heavy (non-hydrogen) atoms. The second-order valence-electron chi connectivity index (χ2n) is 4.79. The Kier molecular flexibility index (Phi) is 2.86. The summed E-state index contributed by atoms with van der Waals surface area (Å²) in [6, 6.07) is 0. The molecule has 0 aliphatic rings. The minimum absolute atomic E-state index is 0.647. The number of rotatable bonds is 3. The van der Waals surface area contributed by atoms with E-state index < -0.39 is 0 Å². The van der Waals surface area contributed by atoms with E-state index in [1.54, 1.807) is 10.9 Å². The van der Waals surface area contributed by atoms with Gasteiger partial charge in [0.25, 0.3) is 0 Å². The molecule has 0 aromatic carbocycles. The van der Waals surface area contributed by atoms with Gasteiger partial charge in [-0.2, -0.15) is 9.47 Å². The summed E-state index contributed by atoms with van der Waals surface area (Å²) in [6.45, 7) is 1.85. The third kappa shape index (κ3) is 2.11.